The highest BCUT2D eigenvalue weighted by atomic mass is 19.1. The molecule has 0 saturated carbocycles. The summed E-state index contributed by atoms with van der Waals surface area (Å²) < 4.78 is 18.2. The number of likely N-dealkylation sites (tertiary alicyclic amines) is 1. The molecule has 0 aromatic heterocycles. The van der Waals surface area contributed by atoms with Gasteiger partial charge in [-0.2, -0.15) is 5.26 Å². The molecule has 1 aliphatic heterocycles. The summed E-state index contributed by atoms with van der Waals surface area (Å²) in [5.41, 5.74) is 0.857. The first kappa shape index (κ1) is 12.4. The van der Waals surface area contributed by atoms with Gasteiger partial charge in [-0.1, -0.05) is 30.3 Å². The minimum Gasteiger partial charge on any atom is -0.445 e. The van der Waals surface area contributed by atoms with Gasteiger partial charge in [-0.3, -0.25) is 4.90 Å². The first-order valence-electron chi connectivity index (χ1n) is 5.71. The van der Waals surface area contributed by atoms with Crippen LogP contribution >= 0.6 is 0 Å². The zero-order chi connectivity index (χ0) is 13.0. The summed E-state index contributed by atoms with van der Waals surface area (Å²) >= 11 is 0. The fourth-order valence-electron chi connectivity index (χ4n) is 1.91. The van der Waals surface area contributed by atoms with Gasteiger partial charge < -0.3 is 4.74 Å². The number of benzene rings is 1. The second-order valence-electron chi connectivity index (χ2n) is 4.17. The minimum absolute atomic E-state index is 0.0636. The van der Waals surface area contributed by atoms with Gasteiger partial charge in [0, 0.05) is 6.42 Å². The summed E-state index contributed by atoms with van der Waals surface area (Å²) in [5.74, 6) is 0. The topological polar surface area (TPSA) is 53.3 Å². The van der Waals surface area contributed by atoms with Crippen molar-refractivity contribution >= 4 is 6.09 Å². The van der Waals surface area contributed by atoms with Crippen molar-refractivity contribution in [2.24, 2.45) is 0 Å². The number of amides is 1. The molecule has 5 heteroatoms. The smallest absolute Gasteiger partial charge is 0.411 e. The number of ether oxygens (including phenoxy) is 1. The molecule has 0 bridgehead atoms. The Hall–Kier alpha value is -2.09. The van der Waals surface area contributed by atoms with E-state index in [1.54, 1.807) is 0 Å². The molecule has 1 aromatic rings. The zero-order valence-corrected chi connectivity index (χ0v) is 9.75. The molecule has 0 spiro atoms. The molecular weight excluding hydrogens is 235 g/mol. The Balaban J connectivity index is 1.91. The van der Waals surface area contributed by atoms with Crippen LogP contribution in [0.2, 0.25) is 0 Å². The summed E-state index contributed by atoms with van der Waals surface area (Å²) in [6.07, 6.45) is -1.71. The molecule has 2 unspecified atom stereocenters. The first-order valence-corrected chi connectivity index (χ1v) is 5.71. The number of nitrogens with zero attached hydrogens (tertiary/aromatic N) is 2. The fraction of sp³-hybridized carbons (Fsp3) is 0.385. The maximum absolute atomic E-state index is 13.1. The Morgan fingerprint density at radius 3 is 2.89 bits per heavy atom. The highest BCUT2D eigenvalue weighted by molar-refractivity contribution is 5.69. The van der Waals surface area contributed by atoms with Gasteiger partial charge in [-0.15, -0.1) is 0 Å². The second-order valence-corrected chi connectivity index (χ2v) is 4.17. The Bertz CT molecular complexity index is 458. The largest absolute Gasteiger partial charge is 0.445 e. The van der Waals surface area contributed by atoms with E-state index in [0.717, 1.165) is 10.5 Å². The molecule has 0 aliphatic carbocycles. The van der Waals surface area contributed by atoms with Crippen molar-refractivity contribution in [3.05, 3.63) is 35.9 Å². The number of alkyl halides is 1. The standard InChI is InChI=1S/C13H13FN2O2/c14-11-6-12(7-15)16(8-11)13(17)18-9-10-4-2-1-3-5-10/h1-5,11-12H,6,8-9H2. The molecule has 2 rings (SSSR count). The lowest BCUT2D eigenvalue weighted by Crippen LogP contribution is -2.35. The van der Waals surface area contributed by atoms with Gasteiger partial charge in [0.1, 0.15) is 18.8 Å². The van der Waals surface area contributed by atoms with E-state index in [9.17, 15) is 9.18 Å². The van der Waals surface area contributed by atoms with E-state index in [1.807, 2.05) is 36.4 Å². The van der Waals surface area contributed by atoms with Crippen LogP contribution in [-0.4, -0.2) is 29.8 Å². The zero-order valence-electron chi connectivity index (χ0n) is 9.75. The quantitative estimate of drug-likeness (QED) is 0.806. The van der Waals surface area contributed by atoms with Crippen LogP contribution in [0.5, 0.6) is 0 Å². The third kappa shape index (κ3) is 2.77. The van der Waals surface area contributed by atoms with Gasteiger partial charge in [0.2, 0.25) is 0 Å². The first-order chi connectivity index (χ1) is 8.70. The molecule has 4 nitrogen and oxygen atoms in total. The Labute approximate surface area is 105 Å². The van der Waals surface area contributed by atoms with Gasteiger partial charge in [0.05, 0.1) is 12.6 Å². The molecule has 1 heterocycles. The fourth-order valence-corrected chi connectivity index (χ4v) is 1.91. The van der Waals surface area contributed by atoms with E-state index in [0.29, 0.717) is 0 Å². The van der Waals surface area contributed by atoms with Gasteiger partial charge in [0.25, 0.3) is 0 Å². The molecule has 18 heavy (non-hydrogen) atoms. The van der Waals surface area contributed by atoms with Crippen LogP contribution < -0.4 is 0 Å². The lowest BCUT2D eigenvalue weighted by Gasteiger charge is -2.18. The van der Waals surface area contributed by atoms with E-state index >= 15 is 0 Å². The Morgan fingerprint density at radius 1 is 1.50 bits per heavy atom. The van der Waals surface area contributed by atoms with Crippen molar-refractivity contribution in [1.29, 1.82) is 5.26 Å². The van der Waals surface area contributed by atoms with Crippen LogP contribution in [0.4, 0.5) is 9.18 Å². The molecular formula is C13H13FN2O2. The van der Waals surface area contributed by atoms with Gasteiger partial charge in [-0.25, -0.2) is 9.18 Å². The van der Waals surface area contributed by atoms with Crippen LogP contribution in [0.3, 0.4) is 0 Å². The summed E-state index contributed by atoms with van der Waals surface area (Å²) in [7, 11) is 0. The Kier molecular flexibility index (Phi) is 3.78. The number of carbonyl (C=O) groups is 1. The van der Waals surface area contributed by atoms with Crippen LogP contribution in [-0.2, 0) is 11.3 Å². The van der Waals surface area contributed by atoms with Crippen molar-refractivity contribution in [3.8, 4) is 6.07 Å². The molecule has 0 radical (unpaired) electrons. The molecule has 94 valence electrons. The van der Waals surface area contributed by atoms with Crippen molar-refractivity contribution in [2.45, 2.75) is 25.2 Å². The summed E-state index contributed by atoms with van der Waals surface area (Å²) in [5, 5.41) is 8.82. The van der Waals surface area contributed by atoms with E-state index in [-0.39, 0.29) is 19.6 Å². The molecule has 0 N–H and O–H groups in total. The third-order valence-electron chi connectivity index (χ3n) is 2.84. The maximum Gasteiger partial charge on any atom is 0.411 e. The number of hydrogen-bond donors (Lipinski definition) is 0. The molecule has 1 fully saturated rings. The summed E-state index contributed by atoms with van der Waals surface area (Å²) in [4.78, 5) is 12.9. The molecule has 1 aromatic carbocycles. The minimum atomic E-state index is -1.14. The highest BCUT2D eigenvalue weighted by Crippen LogP contribution is 2.21. The van der Waals surface area contributed by atoms with Crippen molar-refractivity contribution in [3.63, 3.8) is 0 Å². The molecule has 1 saturated heterocycles. The third-order valence-corrected chi connectivity index (χ3v) is 2.84. The number of nitriles is 1. The lowest BCUT2D eigenvalue weighted by molar-refractivity contribution is 0.0963. The van der Waals surface area contributed by atoms with Crippen molar-refractivity contribution in [2.75, 3.05) is 6.54 Å². The average Bonchev–Trinajstić information content (AvgIpc) is 2.78. The molecule has 2 atom stereocenters. The van der Waals surface area contributed by atoms with Gasteiger partial charge >= 0.3 is 6.09 Å². The second kappa shape index (κ2) is 5.50. The number of carbonyl (C=O) groups excluding carboxylic acids is 1. The van der Waals surface area contributed by atoms with E-state index in [1.165, 1.54) is 0 Å². The normalized spacial score (nSPS) is 22.6. The monoisotopic (exact) mass is 248 g/mol. The van der Waals surface area contributed by atoms with Crippen LogP contribution in [0.1, 0.15) is 12.0 Å². The number of rotatable bonds is 2. The average molecular weight is 248 g/mol. The van der Waals surface area contributed by atoms with E-state index in [4.69, 9.17) is 10.00 Å². The SMILES string of the molecule is N#CC1CC(F)CN1C(=O)OCc1ccccc1. The predicted molar refractivity (Wildman–Crippen MR) is 62.2 cm³/mol. The highest BCUT2D eigenvalue weighted by Gasteiger charge is 2.36. The van der Waals surface area contributed by atoms with Crippen LogP contribution in [0.15, 0.2) is 30.3 Å². The van der Waals surface area contributed by atoms with Crippen molar-refractivity contribution in [1.82, 2.24) is 4.90 Å². The maximum atomic E-state index is 13.1. The Morgan fingerprint density at radius 2 is 2.22 bits per heavy atom. The van der Waals surface area contributed by atoms with Gasteiger partial charge in [-0.05, 0) is 5.56 Å². The van der Waals surface area contributed by atoms with Crippen LogP contribution in [0.25, 0.3) is 0 Å². The van der Waals surface area contributed by atoms with E-state index < -0.39 is 18.3 Å². The molecule has 1 amide bonds. The predicted octanol–water partition coefficient (Wildman–Crippen LogP) is 2.26. The van der Waals surface area contributed by atoms with Crippen LogP contribution in [0, 0.1) is 11.3 Å². The summed E-state index contributed by atoms with van der Waals surface area (Å²) in [6, 6.07) is 10.4. The summed E-state index contributed by atoms with van der Waals surface area (Å²) in [6.45, 7) is 0.0666. The lowest BCUT2D eigenvalue weighted by atomic mass is 10.2. The number of hydrogen-bond acceptors (Lipinski definition) is 3. The van der Waals surface area contributed by atoms with Crippen molar-refractivity contribution < 1.29 is 13.9 Å². The van der Waals surface area contributed by atoms with E-state index in [2.05, 4.69) is 0 Å². The number of halogens is 1. The molecule has 1 aliphatic rings. The van der Waals surface area contributed by atoms with Gasteiger partial charge in [0.15, 0.2) is 0 Å².